The van der Waals surface area contributed by atoms with Crippen LogP contribution in [0.3, 0.4) is 0 Å². The molecule has 100 valence electrons. The van der Waals surface area contributed by atoms with Crippen LogP contribution in [0.4, 0.5) is 4.39 Å². The van der Waals surface area contributed by atoms with Crippen LogP contribution in [0.5, 0.6) is 0 Å². The van der Waals surface area contributed by atoms with Gasteiger partial charge in [0.25, 0.3) is 0 Å². The zero-order chi connectivity index (χ0) is 14.1. The average molecular weight is 288 g/mol. The monoisotopic (exact) mass is 287 g/mol. The second-order valence-corrected chi connectivity index (χ2v) is 5.08. The van der Waals surface area contributed by atoms with E-state index in [4.69, 9.17) is 11.6 Å². The molecule has 20 heavy (non-hydrogen) atoms. The number of halogens is 2. The van der Waals surface area contributed by atoms with E-state index in [1.165, 1.54) is 12.1 Å². The number of nitrogens with zero attached hydrogens (tertiary/aromatic N) is 1. The van der Waals surface area contributed by atoms with Crippen LogP contribution >= 0.6 is 11.6 Å². The summed E-state index contributed by atoms with van der Waals surface area (Å²) in [6.45, 7) is 0. The Morgan fingerprint density at radius 1 is 1.15 bits per heavy atom. The summed E-state index contributed by atoms with van der Waals surface area (Å²) in [5.41, 5.74) is 4.20. The largest absolute Gasteiger partial charge is 0.410 e. The summed E-state index contributed by atoms with van der Waals surface area (Å²) in [6.07, 6.45) is 2.54. The number of allylic oxidation sites excluding steroid dienone is 1. The number of hydrogen-bond acceptors (Lipinski definition) is 2. The minimum atomic E-state index is -0.273. The van der Waals surface area contributed by atoms with Gasteiger partial charge in [0, 0.05) is 17.0 Å². The van der Waals surface area contributed by atoms with Crippen molar-refractivity contribution in [1.29, 1.82) is 0 Å². The van der Waals surface area contributed by atoms with E-state index in [0.717, 1.165) is 22.3 Å². The van der Waals surface area contributed by atoms with Crippen molar-refractivity contribution in [2.24, 2.45) is 5.16 Å². The Morgan fingerprint density at radius 2 is 1.90 bits per heavy atom. The number of oxime groups is 1. The Balaban J connectivity index is 2.02. The van der Waals surface area contributed by atoms with Gasteiger partial charge in [-0.2, -0.15) is 0 Å². The normalized spacial score (nSPS) is 17.7. The third kappa shape index (κ3) is 2.32. The van der Waals surface area contributed by atoms with Crippen LogP contribution in [-0.2, 0) is 6.42 Å². The average Bonchev–Trinajstić information content (AvgIpc) is 2.77. The summed E-state index contributed by atoms with van der Waals surface area (Å²) in [5.74, 6) is -0.273. The smallest absolute Gasteiger partial charge is 0.123 e. The third-order valence-corrected chi connectivity index (χ3v) is 3.55. The van der Waals surface area contributed by atoms with E-state index in [1.54, 1.807) is 18.2 Å². The molecule has 2 aromatic carbocycles. The summed E-state index contributed by atoms with van der Waals surface area (Å²) >= 11 is 5.98. The number of benzene rings is 2. The zero-order valence-electron chi connectivity index (χ0n) is 10.5. The van der Waals surface area contributed by atoms with Crippen molar-refractivity contribution in [2.75, 3.05) is 0 Å². The van der Waals surface area contributed by atoms with Gasteiger partial charge < -0.3 is 5.21 Å². The molecule has 0 saturated carbocycles. The fourth-order valence-corrected chi connectivity index (χ4v) is 2.59. The summed E-state index contributed by atoms with van der Waals surface area (Å²) in [4.78, 5) is 0. The van der Waals surface area contributed by atoms with Gasteiger partial charge in [-0.15, -0.1) is 0 Å². The first kappa shape index (κ1) is 12.9. The SMILES string of the molecule is O/N=C1\C(=C\c2ccc(F)cc2)Cc2cc(Cl)ccc21. The fraction of sp³-hybridized carbons (Fsp3) is 0.0625. The molecule has 2 aromatic rings. The lowest BCUT2D eigenvalue weighted by Crippen LogP contribution is -1.97. The van der Waals surface area contributed by atoms with E-state index in [2.05, 4.69) is 5.16 Å². The summed E-state index contributed by atoms with van der Waals surface area (Å²) in [6, 6.07) is 11.7. The molecule has 1 aliphatic rings. The molecule has 0 radical (unpaired) electrons. The van der Waals surface area contributed by atoms with Crippen LogP contribution in [0.25, 0.3) is 6.08 Å². The molecule has 0 heterocycles. The van der Waals surface area contributed by atoms with Gasteiger partial charge in [0.05, 0.1) is 0 Å². The molecule has 0 atom stereocenters. The highest BCUT2D eigenvalue weighted by molar-refractivity contribution is 6.31. The predicted octanol–water partition coefficient (Wildman–Crippen LogP) is 4.30. The molecule has 0 fully saturated rings. The maximum absolute atomic E-state index is 12.9. The minimum Gasteiger partial charge on any atom is -0.410 e. The molecular weight excluding hydrogens is 277 g/mol. The predicted molar refractivity (Wildman–Crippen MR) is 77.9 cm³/mol. The van der Waals surface area contributed by atoms with Crippen LogP contribution in [0.2, 0.25) is 5.02 Å². The molecule has 0 amide bonds. The Hall–Kier alpha value is -2.13. The highest BCUT2D eigenvalue weighted by Gasteiger charge is 2.23. The fourth-order valence-electron chi connectivity index (χ4n) is 2.40. The van der Waals surface area contributed by atoms with Crippen molar-refractivity contribution in [2.45, 2.75) is 6.42 Å². The number of hydrogen-bond donors (Lipinski definition) is 1. The molecule has 2 nitrogen and oxygen atoms in total. The maximum atomic E-state index is 12.9. The second kappa shape index (κ2) is 5.10. The first-order valence-electron chi connectivity index (χ1n) is 6.15. The first-order chi connectivity index (χ1) is 9.67. The summed E-state index contributed by atoms with van der Waals surface area (Å²) in [7, 11) is 0. The van der Waals surface area contributed by atoms with Gasteiger partial charge in [-0.3, -0.25) is 0 Å². The van der Waals surface area contributed by atoms with Gasteiger partial charge in [-0.1, -0.05) is 35.0 Å². The van der Waals surface area contributed by atoms with Gasteiger partial charge in [-0.25, -0.2) is 4.39 Å². The van der Waals surface area contributed by atoms with E-state index in [0.29, 0.717) is 17.2 Å². The molecule has 0 saturated heterocycles. The van der Waals surface area contributed by atoms with Gasteiger partial charge in [0.2, 0.25) is 0 Å². The molecule has 0 spiro atoms. The van der Waals surface area contributed by atoms with Crippen LogP contribution in [0, 0.1) is 5.82 Å². The van der Waals surface area contributed by atoms with Gasteiger partial charge in [-0.05, 0) is 47.0 Å². The third-order valence-electron chi connectivity index (χ3n) is 3.32. The van der Waals surface area contributed by atoms with Crippen molar-refractivity contribution in [3.8, 4) is 0 Å². The molecule has 1 N–H and O–H groups in total. The Bertz CT molecular complexity index is 720. The highest BCUT2D eigenvalue weighted by Crippen LogP contribution is 2.30. The number of rotatable bonds is 1. The van der Waals surface area contributed by atoms with Crippen LogP contribution in [0.1, 0.15) is 16.7 Å². The molecule has 0 aliphatic heterocycles. The van der Waals surface area contributed by atoms with Crippen molar-refractivity contribution in [1.82, 2.24) is 0 Å². The second-order valence-electron chi connectivity index (χ2n) is 4.65. The standard InChI is InChI=1S/C16H11ClFNO/c17-13-3-6-15-11(9-13)8-12(16(15)19-20)7-10-1-4-14(18)5-2-10/h1-7,9,20H,8H2/b12-7+,19-16+. The Morgan fingerprint density at radius 3 is 2.60 bits per heavy atom. The number of fused-ring (bicyclic) bond motifs is 1. The van der Waals surface area contributed by atoms with Gasteiger partial charge in [0.1, 0.15) is 11.5 Å². The summed E-state index contributed by atoms with van der Waals surface area (Å²) in [5, 5.41) is 13.3. The van der Waals surface area contributed by atoms with E-state index in [-0.39, 0.29) is 5.82 Å². The lowest BCUT2D eigenvalue weighted by Gasteiger charge is -1.99. The van der Waals surface area contributed by atoms with E-state index in [9.17, 15) is 9.60 Å². The van der Waals surface area contributed by atoms with Gasteiger partial charge in [0.15, 0.2) is 0 Å². The topological polar surface area (TPSA) is 32.6 Å². The lowest BCUT2D eigenvalue weighted by molar-refractivity contribution is 0.319. The first-order valence-corrected chi connectivity index (χ1v) is 6.52. The van der Waals surface area contributed by atoms with E-state index in [1.807, 2.05) is 18.2 Å². The molecule has 0 aromatic heterocycles. The molecule has 0 unspecified atom stereocenters. The summed E-state index contributed by atoms with van der Waals surface area (Å²) < 4.78 is 12.9. The molecule has 0 bridgehead atoms. The van der Waals surface area contributed by atoms with E-state index >= 15 is 0 Å². The Labute approximate surface area is 120 Å². The van der Waals surface area contributed by atoms with Crippen molar-refractivity contribution >= 4 is 23.4 Å². The van der Waals surface area contributed by atoms with Crippen molar-refractivity contribution in [3.05, 3.63) is 75.6 Å². The quantitative estimate of drug-likeness (QED) is 0.616. The maximum Gasteiger partial charge on any atom is 0.123 e. The van der Waals surface area contributed by atoms with Crippen molar-refractivity contribution in [3.63, 3.8) is 0 Å². The molecule has 1 aliphatic carbocycles. The Kier molecular flexibility index (Phi) is 3.28. The van der Waals surface area contributed by atoms with Crippen LogP contribution in [0.15, 0.2) is 53.2 Å². The van der Waals surface area contributed by atoms with Crippen LogP contribution < -0.4 is 0 Å². The zero-order valence-corrected chi connectivity index (χ0v) is 11.2. The highest BCUT2D eigenvalue weighted by atomic mass is 35.5. The van der Waals surface area contributed by atoms with Crippen molar-refractivity contribution < 1.29 is 9.60 Å². The van der Waals surface area contributed by atoms with E-state index < -0.39 is 0 Å². The van der Waals surface area contributed by atoms with Crippen LogP contribution in [-0.4, -0.2) is 10.9 Å². The minimum absolute atomic E-state index is 0.273. The lowest BCUT2D eigenvalue weighted by atomic mass is 10.1. The van der Waals surface area contributed by atoms with Gasteiger partial charge >= 0.3 is 0 Å². The molecular formula is C16H11ClFNO. The molecule has 4 heteroatoms. The molecule has 3 rings (SSSR count).